The number of hydrogen-bond acceptors (Lipinski definition) is 22. The first kappa shape index (κ1) is 74.6. The Morgan fingerprint density at radius 3 is 1.42 bits per heavy atom. The van der Waals surface area contributed by atoms with Gasteiger partial charge in [-0.2, -0.15) is 23.5 Å². The molecule has 2 aliphatic heterocycles. The minimum atomic E-state index is -2.48. The van der Waals surface area contributed by atoms with Crippen LogP contribution in [0.25, 0.3) is 0 Å². The van der Waals surface area contributed by atoms with Gasteiger partial charge in [-0.3, -0.25) is 33.6 Å². The number of Topliss-reactive ketones (excluding diaryl/α,β-unsaturated/α-hetero) is 1. The molecule has 0 spiro atoms. The molecule has 12 atom stereocenters. The molecule has 5 amide bonds. The van der Waals surface area contributed by atoms with Gasteiger partial charge in [-0.05, 0) is 121 Å². The number of aliphatic carboxylic acids is 1. The maximum atomic E-state index is 13.0. The fraction of sp³-hybridized carbons (Fsp3) is 0.433. The molecule has 2 fully saturated rings. The van der Waals surface area contributed by atoms with E-state index in [2.05, 4.69) is 26.6 Å². The molecule has 28 heteroatoms. The van der Waals surface area contributed by atoms with Crippen LogP contribution in [0.1, 0.15) is 93.8 Å². The molecule has 0 bridgehead atoms. The molecule has 0 radical (unpaired) electrons. The zero-order valence-corrected chi connectivity index (χ0v) is 54.0. The van der Waals surface area contributed by atoms with Crippen LogP contribution in [0, 0.1) is 0 Å². The van der Waals surface area contributed by atoms with E-state index in [0.29, 0.717) is 89.2 Å². The summed E-state index contributed by atoms with van der Waals surface area (Å²) < 4.78 is 34.9. The standard InChI is InChI=1S/C67H81N5O21S2/c1-41(74)71-56-52(77)36-66(40-73,92-60(56)58(81)54(79)38-69-63(84)45-21-25-49(26-22-45)90-47-12-5-3-6-13-47)88-30-10-34-95-35-29-68-62(83)44-19-17-43(18-20-44)51(76)16-9-32-94-33-11-31-89-67(65(86)87)37-53(78)57(72-42(2)75)61(93-67)59(82)55(80)39-70-64(85)46-23-27-50(28-24-46)91-48-14-7-4-8-15-48/h3-8,12-15,17-28,40,52-61,77-82H,9-11,16,29-39H2,1-2H3,(H,68,83)(H,69,84)(H,70,85)(H,71,74)(H,72,75)(H,86,87)/t52-,53-,54+,55+,56+,57+,58+,59+,60+,61+,66+,67+/m0/s1. The van der Waals surface area contributed by atoms with Gasteiger partial charge in [-0.15, -0.1) is 0 Å². The van der Waals surface area contributed by atoms with Gasteiger partial charge in [-0.1, -0.05) is 48.5 Å². The normalized spacial score (nSPS) is 22.1. The summed E-state index contributed by atoms with van der Waals surface area (Å²) in [5.74, 6) is -4.81. The Kier molecular flexibility index (Phi) is 28.9. The van der Waals surface area contributed by atoms with E-state index in [-0.39, 0.29) is 42.5 Å². The smallest absolute Gasteiger partial charge is 0.364 e. The Labute approximate surface area is 557 Å². The quantitative estimate of drug-likeness (QED) is 0.0154. The minimum Gasteiger partial charge on any atom is -0.477 e. The number of hydrogen-bond donors (Lipinski definition) is 12. The second kappa shape index (κ2) is 36.9. The number of thioether (sulfide) groups is 2. The molecular weight excluding hydrogens is 1270 g/mol. The monoisotopic (exact) mass is 1360 g/mol. The van der Waals surface area contributed by atoms with Crippen molar-refractivity contribution in [1.29, 1.82) is 0 Å². The lowest BCUT2D eigenvalue weighted by molar-refractivity contribution is -0.310. The van der Waals surface area contributed by atoms with Gasteiger partial charge in [0, 0.05) is 80.8 Å². The summed E-state index contributed by atoms with van der Waals surface area (Å²) in [4.78, 5) is 101. The Morgan fingerprint density at radius 1 is 0.537 bits per heavy atom. The van der Waals surface area contributed by atoms with Crippen LogP contribution in [0.5, 0.6) is 23.0 Å². The number of nitrogens with one attached hydrogen (secondary N) is 5. The van der Waals surface area contributed by atoms with Crippen molar-refractivity contribution in [2.24, 2.45) is 0 Å². The topological polar surface area (TPSA) is 394 Å². The van der Waals surface area contributed by atoms with Crippen molar-refractivity contribution in [3.63, 3.8) is 0 Å². The van der Waals surface area contributed by atoms with Gasteiger partial charge in [0.05, 0.1) is 49.7 Å². The molecule has 95 heavy (non-hydrogen) atoms. The number of carboxylic acids is 1. The van der Waals surface area contributed by atoms with Crippen molar-refractivity contribution < 1.29 is 103 Å². The number of carbonyl (C=O) groups is 8. The van der Waals surface area contributed by atoms with Gasteiger partial charge in [0.2, 0.25) is 17.6 Å². The van der Waals surface area contributed by atoms with Gasteiger partial charge in [-0.25, -0.2) is 4.79 Å². The largest absolute Gasteiger partial charge is 0.477 e. The van der Waals surface area contributed by atoms with E-state index in [1.54, 1.807) is 72.8 Å². The second-order valence-corrected chi connectivity index (χ2v) is 25.0. The van der Waals surface area contributed by atoms with E-state index in [4.69, 9.17) is 28.4 Å². The van der Waals surface area contributed by atoms with Crippen molar-refractivity contribution in [2.45, 2.75) is 125 Å². The molecule has 12 N–H and O–H groups in total. The Hall–Kier alpha value is -7.84. The van der Waals surface area contributed by atoms with E-state index in [9.17, 15) is 74.1 Å². The maximum absolute atomic E-state index is 13.0. The number of ether oxygens (including phenoxy) is 6. The predicted molar refractivity (Wildman–Crippen MR) is 348 cm³/mol. The van der Waals surface area contributed by atoms with E-state index in [0.717, 1.165) is 6.92 Å². The lowest BCUT2D eigenvalue weighted by atomic mass is 9.88. The zero-order valence-electron chi connectivity index (χ0n) is 52.3. The molecule has 0 unspecified atom stereocenters. The average molecular weight is 1360 g/mol. The summed E-state index contributed by atoms with van der Waals surface area (Å²) in [6.07, 6.45) is -12.8. The SMILES string of the molecule is CC(=O)N[C@H]1[C@H]([C@H](O)[C@H](O)CNC(=O)c2ccc(Oc3ccccc3)cc2)O[C@](C=O)(OCCCSCCNC(=O)c2ccc(C(=O)CCCSCCCO[C@]3(C(=O)O)C[C@H](O)[C@@H](NC(C)=O)[C@H]([C@H](O)[C@H](O)CNC(=O)c4ccc(Oc5ccccc5)cc4)O3)cc2)C[C@@H]1O. The summed E-state index contributed by atoms with van der Waals surface area (Å²) in [7, 11) is 0. The Balaban J connectivity index is 0.762. The Morgan fingerprint density at radius 2 is 0.947 bits per heavy atom. The predicted octanol–water partition coefficient (Wildman–Crippen LogP) is 3.53. The van der Waals surface area contributed by atoms with Crippen LogP contribution in [-0.4, -0.2) is 212 Å². The number of aldehydes is 1. The summed E-state index contributed by atoms with van der Waals surface area (Å²) in [6.45, 7) is 1.44. The van der Waals surface area contributed by atoms with Gasteiger partial charge in [0.1, 0.15) is 47.4 Å². The van der Waals surface area contributed by atoms with Crippen LogP contribution in [0.15, 0.2) is 133 Å². The molecule has 2 heterocycles. The van der Waals surface area contributed by atoms with E-state index < -0.39 is 128 Å². The fourth-order valence-corrected chi connectivity index (χ4v) is 12.0. The number of rotatable bonds is 37. The number of carboxylic acid groups (broad SMARTS) is 1. The molecule has 5 aromatic rings. The van der Waals surface area contributed by atoms with Crippen molar-refractivity contribution in [1.82, 2.24) is 26.6 Å². The number of aliphatic hydroxyl groups excluding tert-OH is 6. The van der Waals surface area contributed by atoms with Gasteiger partial charge in [0.15, 0.2) is 12.1 Å². The molecule has 26 nitrogen and oxygen atoms in total. The first-order chi connectivity index (χ1) is 45.6. The molecular formula is C67H81N5O21S2. The fourth-order valence-electron chi connectivity index (χ4n) is 10.3. The zero-order chi connectivity index (χ0) is 68.5. The Bertz CT molecular complexity index is 3310. The second-order valence-electron chi connectivity index (χ2n) is 22.6. The summed E-state index contributed by atoms with van der Waals surface area (Å²) in [5.41, 5.74) is 1.20. The highest BCUT2D eigenvalue weighted by Crippen LogP contribution is 2.35. The number of aliphatic hydroxyl groups is 6. The third-order valence-electron chi connectivity index (χ3n) is 15.3. The lowest BCUT2D eigenvalue weighted by Gasteiger charge is -2.46. The molecule has 0 saturated carbocycles. The minimum absolute atomic E-state index is 0.0293. The molecule has 2 saturated heterocycles. The lowest BCUT2D eigenvalue weighted by Crippen LogP contribution is -2.68. The number of carbonyl (C=O) groups excluding carboxylic acids is 7. The first-order valence-corrected chi connectivity index (χ1v) is 33.2. The molecule has 2 aliphatic rings. The number of ketones is 1. The van der Waals surface area contributed by atoms with E-state index >= 15 is 0 Å². The third-order valence-corrected chi connectivity index (χ3v) is 17.5. The van der Waals surface area contributed by atoms with Crippen LogP contribution >= 0.6 is 23.5 Å². The molecule has 0 aliphatic carbocycles. The molecule has 0 aromatic heterocycles. The number of para-hydroxylation sites is 2. The van der Waals surface area contributed by atoms with Crippen LogP contribution in [0.2, 0.25) is 0 Å². The van der Waals surface area contributed by atoms with Crippen molar-refractivity contribution in [2.75, 3.05) is 55.9 Å². The number of amides is 5. The highest BCUT2D eigenvalue weighted by molar-refractivity contribution is 7.99. The average Bonchev–Trinajstić information content (AvgIpc) is 0.781. The summed E-state index contributed by atoms with van der Waals surface area (Å²) in [5, 5.41) is 90.1. The highest BCUT2D eigenvalue weighted by atomic mass is 32.2. The first-order valence-electron chi connectivity index (χ1n) is 30.8. The third kappa shape index (κ3) is 22.4. The van der Waals surface area contributed by atoms with Crippen molar-refractivity contribution >= 4 is 71.1 Å². The van der Waals surface area contributed by atoms with Crippen molar-refractivity contribution in [3.05, 3.63) is 156 Å². The van der Waals surface area contributed by atoms with Crippen LogP contribution in [0.4, 0.5) is 0 Å². The molecule has 5 aromatic carbocycles. The summed E-state index contributed by atoms with van der Waals surface area (Å²) >= 11 is 2.97. The number of benzene rings is 5. The van der Waals surface area contributed by atoms with E-state index in [1.807, 2.05) is 36.4 Å². The van der Waals surface area contributed by atoms with Crippen LogP contribution in [0.3, 0.4) is 0 Å². The maximum Gasteiger partial charge on any atom is 0.364 e. The molecule has 7 rings (SSSR count). The van der Waals surface area contributed by atoms with E-state index in [1.165, 1.54) is 54.7 Å². The molecule has 512 valence electrons. The summed E-state index contributed by atoms with van der Waals surface area (Å²) in [6, 6.07) is 34.0. The van der Waals surface area contributed by atoms with Gasteiger partial charge < -0.3 is 90.8 Å². The van der Waals surface area contributed by atoms with Gasteiger partial charge >= 0.3 is 5.97 Å². The van der Waals surface area contributed by atoms with Crippen molar-refractivity contribution in [3.8, 4) is 23.0 Å². The van der Waals surface area contributed by atoms with Crippen LogP contribution in [-0.2, 0) is 38.1 Å². The highest BCUT2D eigenvalue weighted by Gasteiger charge is 2.56. The van der Waals surface area contributed by atoms with Crippen LogP contribution < -0.4 is 36.1 Å². The van der Waals surface area contributed by atoms with Gasteiger partial charge in [0.25, 0.3) is 23.5 Å².